The number of nitrogens with zero attached hydrogens (tertiary/aromatic N) is 1. The second-order valence-electron chi connectivity index (χ2n) is 6.81. The molecule has 1 saturated carbocycles. The Morgan fingerprint density at radius 2 is 2.15 bits per heavy atom. The molecule has 2 amide bonds. The zero-order valence-electron chi connectivity index (χ0n) is 15.4. The third kappa shape index (κ3) is 4.82. The van der Waals surface area contributed by atoms with Gasteiger partial charge < -0.3 is 19.7 Å². The normalized spacial score (nSPS) is 23.7. The Kier molecular flexibility index (Phi) is 6.74. The topological polar surface area (TPSA) is 67.9 Å². The van der Waals surface area contributed by atoms with E-state index in [2.05, 4.69) is 5.32 Å². The fourth-order valence-corrected chi connectivity index (χ4v) is 3.79. The van der Waals surface area contributed by atoms with Crippen molar-refractivity contribution in [2.24, 2.45) is 0 Å². The van der Waals surface area contributed by atoms with Gasteiger partial charge in [-0.05, 0) is 37.0 Å². The molecule has 7 heteroatoms. The molecule has 27 heavy (non-hydrogen) atoms. The van der Waals surface area contributed by atoms with Crippen molar-refractivity contribution in [1.82, 2.24) is 10.2 Å². The molecular formula is C20H25ClN2O4. The number of morpholine rings is 1. The van der Waals surface area contributed by atoms with Crippen molar-refractivity contribution in [2.45, 2.75) is 37.8 Å². The number of halogens is 1. The molecular weight excluding hydrogens is 368 g/mol. The standard InChI is InChI=1S/C20H25ClN2O4/c1-26-11-10-22-19(24)13-23-16-8-4-5-9-17(16)27-18(20(23)25)12-14-6-2-3-7-15(14)21/h2-3,6-7,12,16-17H,4-5,8-11,13H2,1H3,(H,22,24)/b18-12+. The minimum absolute atomic E-state index is 0.0208. The lowest BCUT2D eigenvalue weighted by atomic mass is 9.89. The quantitative estimate of drug-likeness (QED) is 0.597. The summed E-state index contributed by atoms with van der Waals surface area (Å²) in [5, 5.41) is 3.33. The molecule has 0 aromatic heterocycles. The van der Waals surface area contributed by atoms with Crippen LogP contribution in [0.4, 0.5) is 0 Å². The molecule has 2 unspecified atom stereocenters. The van der Waals surface area contributed by atoms with Crippen LogP contribution >= 0.6 is 11.6 Å². The van der Waals surface area contributed by atoms with E-state index in [-0.39, 0.29) is 36.3 Å². The number of hydrogen-bond donors (Lipinski definition) is 1. The van der Waals surface area contributed by atoms with Gasteiger partial charge in [-0.15, -0.1) is 0 Å². The molecule has 1 heterocycles. The number of hydrogen-bond acceptors (Lipinski definition) is 4. The maximum Gasteiger partial charge on any atom is 0.289 e. The molecule has 6 nitrogen and oxygen atoms in total. The van der Waals surface area contributed by atoms with Crippen LogP contribution in [0.3, 0.4) is 0 Å². The number of carbonyl (C=O) groups is 2. The summed E-state index contributed by atoms with van der Waals surface area (Å²) in [4.78, 5) is 27.0. The van der Waals surface area contributed by atoms with Crippen molar-refractivity contribution in [3.8, 4) is 0 Å². The number of ether oxygens (including phenoxy) is 2. The van der Waals surface area contributed by atoms with Crippen LogP contribution in [-0.2, 0) is 19.1 Å². The highest BCUT2D eigenvalue weighted by Gasteiger charge is 2.42. The van der Waals surface area contributed by atoms with Gasteiger partial charge in [-0.2, -0.15) is 0 Å². The number of rotatable bonds is 6. The van der Waals surface area contributed by atoms with Crippen LogP contribution in [0.5, 0.6) is 0 Å². The van der Waals surface area contributed by atoms with E-state index in [4.69, 9.17) is 21.1 Å². The molecule has 1 saturated heterocycles. The Morgan fingerprint density at radius 1 is 1.37 bits per heavy atom. The van der Waals surface area contributed by atoms with Crippen molar-refractivity contribution in [1.29, 1.82) is 0 Å². The summed E-state index contributed by atoms with van der Waals surface area (Å²) in [7, 11) is 1.58. The molecule has 1 aromatic rings. The predicted molar refractivity (Wildman–Crippen MR) is 103 cm³/mol. The first-order valence-corrected chi connectivity index (χ1v) is 9.67. The van der Waals surface area contributed by atoms with Gasteiger partial charge >= 0.3 is 0 Å². The summed E-state index contributed by atoms with van der Waals surface area (Å²) in [5.74, 6) is -0.209. The molecule has 2 atom stereocenters. The molecule has 1 aromatic carbocycles. The van der Waals surface area contributed by atoms with Gasteiger partial charge in [0, 0.05) is 18.7 Å². The molecule has 2 aliphatic rings. The molecule has 1 aliphatic carbocycles. The summed E-state index contributed by atoms with van der Waals surface area (Å²) in [5.41, 5.74) is 0.723. The van der Waals surface area contributed by atoms with E-state index in [1.165, 1.54) is 0 Å². The summed E-state index contributed by atoms with van der Waals surface area (Å²) in [6.45, 7) is 0.879. The Hall–Kier alpha value is -2.05. The number of carbonyl (C=O) groups excluding carboxylic acids is 2. The van der Waals surface area contributed by atoms with Gasteiger partial charge in [-0.25, -0.2) is 0 Å². The van der Waals surface area contributed by atoms with Crippen molar-refractivity contribution >= 4 is 29.5 Å². The van der Waals surface area contributed by atoms with Crippen molar-refractivity contribution in [3.05, 3.63) is 40.6 Å². The summed E-state index contributed by atoms with van der Waals surface area (Å²) in [6, 6.07) is 7.23. The summed E-state index contributed by atoms with van der Waals surface area (Å²) < 4.78 is 11.0. The summed E-state index contributed by atoms with van der Waals surface area (Å²) in [6.07, 6.45) is 5.40. The molecule has 3 rings (SSSR count). The van der Waals surface area contributed by atoms with E-state index in [1.54, 1.807) is 24.2 Å². The van der Waals surface area contributed by atoms with Crippen LogP contribution in [0.1, 0.15) is 31.2 Å². The van der Waals surface area contributed by atoms with Gasteiger partial charge in [0.1, 0.15) is 12.6 Å². The van der Waals surface area contributed by atoms with Gasteiger partial charge in [-0.1, -0.05) is 36.2 Å². The molecule has 1 N–H and O–H groups in total. The number of benzene rings is 1. The van der Waals surface area contributed by atoms with E-state index in [0.717, 1.165) is 31.2 Å². The maximum atomic E-state index is 13.0. The largest absolute Gasteiger partial charge is 0.482 e. The average molecular weight is 393 g/mol. The zero-order valence-corrected chi connectivity index (χ0v) is 16.2. The van der Waals surface area contributed by atoms with Gasteiger partial charge in [0.15, 0.2) is 5.76 Å². The van der Waals surface area contributed by atoms with Crippen molar-refractivity contribution < 1.29 is 19.1 Å². The number of amides is 2. The fourth-order valence-electron chi connectivity index (χ4n) is 3.60. The van der Waals surface area contributed by atoms with Gasteiger partial charge in [0.25, 0.3) is 5.91 Å². The van der Waals surface area contributed by atoms with E-state index >= 15 is 0 Å². The molecule has 0 radical (unpaired) electrons. The smallest absolute Gasteiger partial charge is 0.289 e. The van der Waals surface area contributed by atoms with Gasteiger partial charge in [-0.3, -0.25) is 9.59 Å². The maximum absolute atomic E-state index is 13.0. The second-order valence-corrected chi connectivity index (χ2v) is 7.22. The monoisotopic (exact) mass is 392 g/mol. The molecule has 2 fully saturated rings. The van der Waals surface area contributed by atoms with Crippen LogP contribution in [0.2, 0.25) is 5.02 Å². The first kappa shape index (κ1) is 19.7. The lowest BCUT2D eigenvalue weighted by Gasteiger charge is -2.44. The minimum Gasteiger partial charge on any atom is -0.482 e. The van der Waals surface area contributed by atoms with Crippen LogP contribution in [0, 0.1) is 0 Å². The zero-order chi connectivity index (χ0) is 19.2. The third-order valence-electron chi connectivity index (χ3n) is 4.95. The Bertz CT molecular complexity index is 722. The number of nitrogens with one attached hydrogen (secondary N) is 1. The van der Waals surface area contributed by atoms with E-state index in [1.807, 2.05) is 18.2 Å². The van der Waals surface area contributed by atoms with Crippen LogP contribution in [0.25, 0.3) is 6.08 Å². The van der Waals surface area contributed by atoms with Gasteiger partial charge in [0.05, 0.1) is 12.6 Å². The highest BCUT2D eigenvalue weighted by molar-refractivity contribution is 6.32. The SMILES string of the molecule is COCCNC(=O)CN1C(=O)/C(=C\c2ccccc2Cl)OC2CCCCC21. The Labute approximate surface area is 164 Å². The van der Waals surface area contributed by atoms with E-state index < -0.39 is 0 Å². The van der Waals surface area contributed by atoms with E-state index in [9.17, 15) is 9.59 Å². The molecule has 0 spiro atoms. The number of fused-ring (bicyclic) bond motifs is 1. The lowest BCUT2D eigenvalue weighted by molar-refractivity contribution is -0.151. The Balaban J connectivity index is 1.80. The molecule has 1 aliphatic heterocycles. The lowest BCUT2D eigenvalue weighted by Crippen LogP contribution is -2.57. The Morgan fingerprint density at radius 3 is 2.93 bits per heavy atom. The minimum atomic E-state index is -0.264. The van der Waals surface area contributed by atoms with Crippen LogP contribution in [0.15, 0.2) is 30.0 Å². The first-order valence-electron chi connectivity index (χ1n) is 9.29. The first-order chi connectivity index (χ1) is 13.1. The van der Waals surface area contributed by atoms with Crippen molar-refractivity contribution in [2.75, 3.05) is 26.8 Å². The molecule has 146 valence electrons. The average Bonchev–Trinajstić information content (AvgIpc) is 2.67. The van der Waals surface area contributed by atoms with Crippen molar-refractivity contribution in [3.63, 3.8) is 0 Å². The highest BCUT2D eigenvalue weighted by atomic mass is 35.5. The van der Waals surface area contributed by atoms with Crippen LogP contribution in [-0.4, -0.2) is 55.7 Å². The van der Waals surface area contributed by atoms with E-state index in [0.29, 0.717) is 18.2 Å². The van der Waals surface area contributed by atoms with Crippen LogP contribution < -0.4 is 5.32 Å². The van der Waals surface area contributed by atoms with Gasteiger partial charge in [0.2, 0.25) is 5.91 Å². The number of methoxy groups -OCH3 is 1. The second kappa shape index (κ2) is 9.24. The predicted octanol–water partition coefficient (Wildman–Crippen LogP) is 2.61. The highest BCUT2D eigenvalue weighted by Crippen LogP contribution is 2.33. The summed E-state index contributed by atoms with van der Waals surface area (Å²) >= 11 is 6.22. The third-order valence-corrected chi connectivity index (χ3v) is 5.30. The fraction of sp³-hybridized carbons (Fsp3) is 0.500. The molecule has 0 bridgehead atoms.